The number of alkyl halides is 2. The lowest BCUT2D eigenvalue weighted by Gasteiger charge is -2.36. The van der Waals surface area contributed by atoms with Gasteiger partial charge < -0.3 is 10.1 Å². The van der Waals surface area contributed by atoms with E-state index in [-0.39, 0.29) is 16.8 Å². The van der Waals surface area contributed by atoms with E-state index in [0.717, 1.165) is 25.2 Å². The molecule has 1 aromatic carbocycles. The van der Waals surface area contributed by atoms with Crippen molar-refractivity contribution in [3.8, 4) is 5.75 Å². The SMILES string of the molecule is FC(F)Oc1ccc(CN2CCNCC2c2ccncc2)cc1Cl. The lowest BCUT2D eigenvalue weighted by Crippen LogP contribution is -2.45. The first-order valence-corrected chi connectivity index (χ1v) is 8.09. The number of nitrogens with one attached hydrogen (secondary N) is 1. The van der Waals surface area contributed by atoms with E-state index in [2.05, 4.69) is 19.9 Å². The Bertz CT molecular complexity index is 672. The molecule has 1 saturated heterocycles. The summed E-state index contributed by atoms with van der Waals surface area (Å²) in [5.41, 5.74) is 2.16. The highest BCUT2D eigenvalue weighted by Gasteiger charge is 2.24. The van der Waals surface area contributed by atoms with Crippen LogP contribution in [0.4, 0.5) is 8.78 Å². The van der Waals surface area contributed by atoms with Crippen LogP contribution in [0.1, 0.15) is 17.2 Å². The Hall–Kier alpha value is -1.76. The minimum Gasteiger partial charge on any atom is -0.433 e. The Kier molecular flexibility index (Phi) is 5.60. The van der Waals surface area contributed by atoms with Crippen molar-refractivity contribution >= 4 is 11.6 Å². The number of ether oxygens (including phenoxy) is 1. The summed E-state index contributed by atoms with van der Waals surface area (Å²) in [4.78, 5) is 6.40. The Labute approximate surface area is 144 Å². The molecule has 0 radical (unpaired) electrons. The maximum absolute atomic E-state index is 12.3. The van der Waals surface area contributed by atoms with Crippen molar-refractivity contribution in [1.29, 1.82) is 0 Å². The van der Waals surface area contributed by atoms with E-state index < -0.39 is 6.61 Å². The minimum absolute atomic E-state index is 0.00131. The smallest absolute Gasteiger partial charge is 0.387 e. The van der Waals surface area contributed by atoms with Gasteiger partial charge in [-0.15, -0.1) is 0 Å². The average molecular weight is 354 g/mol. The van der Waals surface area contributed by atoms with Crippen LogP contribution >= 0.6 is 11.6 Å². The molecule has 128 valence electrons. The van der Waals surface area contributed by atoms with Gasteiger partial charge in [-0.3, -0.25) is 9.88 Å². The third-order valence-electron chi connectivity index (χ3n) is 4.04. The second-order valence-corrected chi connectivity index (χ2v) is 6.02. The molecule has 0 bridgehead atoms. The van der Waals surface area contributed by atoms with Crippen LogP contribution in [0.5, 0.6) is 5.75 Å². The number of pyridine rings is 1. The van der Waals surface area contributed by atoms with Crippen molar-refractivity contribution in [3.05, 3.63) is 58.9 Å². The second kappa shape index (κ2) is 7.88. The molecule has 3 rings (SSSR count). The van der Waals surface area contributed by atoms with E-state index in [9.17, 15) is 8.78 Å². The summed E-state index contributed by atoms with van der Waals surface area (Å²) >= 11 is 6.05. The fourth-order valence-corrected chi connectivity index (χ4v) is 3.17. The van der Waals surface area contributed by atoms with Crippen molar-refractivity contribution in [2.45, 2.75) is 19.2 Å². The molecule has 0 aliphatic carbocycles. The van der Waals surface area contributed by atoms with Gasteiger partial charge in [0.2, 0.25) is 0 Å². The normalized spacial score (nSPS) is 18.8. The largest absolute Gasteiger partial charge is 0.433 e. The number of rotatable bonds is 5. The molecule has 1 aromatic heterocycles. The van der Waals surface area contributed by atoms with Crippen LogP contribution in [0, 0.1) is 0 Å². The van der Waals surface area contributed by atoms with Crippen LogP contribution in [0.3, 0.4) is 0 Å². The lowest BCUT2D eigenvalue weighted by atomic mass is 10.0. The van der Waals surface area contributed by atoms with Crippen LogP contribution in [0.2, 0.25) is 5.02 Å². The maximum Gasteiger partial charge on any atom is 0.387 e. The van der Waals surface area contributed by atoms with E-state index >= 15 is 0 Å². The molecular formula is C17H18ClF2N3O. The summed E-state index contributed by atoms with van der Waals surface area (Å²) in [5.74, 6) is 0.00131. The molecule has 1 aliphatic heterocycles. The summed E-state index contributed by atoms with van der Waals surface area (Å²) in [6.45, 7) is 0.452. The highest BCUT2D eigenvalue weighted by atomic mass is 35.5. The third kappa shape index (κ3) is 4.20. The number of nitrogens with zero attached hydrogens (tertiary/aromatic N) is 2. The zero-order valence-corrected chi connectivity index (χ0v) is 13.7. The lowest BCUT2D eigenvalue weighted by molar-refractivity contribution is -0.0498. The van der Waals surface area contributed by atoms with Gasteiger partial charge in [0.1, 0.15) is 5.75 Å². The average Bonchev–Trinajstić information content (AvgIpc) is 2.58. The summed E-state index contributed by atoms with van der Waals surface area (Å²) in [6.07, 6.45) is 3.57. The summed E-state index contributed by atoms with van der Waals surface area (Å²) in [5, 5.41) is 3.60. The molecule has 0 saturated carbocycles. The first-order valence-electron chi connectivity index (χ1n) is 7.71. The van der Waals surface area contributed by atoms with Gasteiger partial charge in [0.05, 0.1) is 5.02 Å². The first-order chi connectivity index (χ1) is 11.6. The Morgan fingerprint density at radius 2 is 2.08 bits per heavy atom. The second-order valence-electron chi connectivity index (χ2n) is 5.61. The van der Waals surface area contributed by atoms with Crippen molar-refractivity contribution in [3.63, 3.8) is 0 Å². The molecule has 4 nitrogen and oxygen atoms in total. The van der Waals surface area contributed by atoms with E-state index in [1.807, 2.05) is 12.1 Å². The molecular weight excluding hydrogens is 336 g/mol. The number of hydrogen-bond acceptors (Lipinski definition) is 4. The van der Waals surface area contributed by atoms with Crippen molar-refractivity contribution in [2.75, 3.05) is 19.6 Å². The predicted octanol–water partition coefficient (Wildman–Crippen LogP) is 3.48. The fraction of sp³-hybridized carbons (Fsp3) is 0.353. The van der Waals surface area contributed by atoms with Gasteiger partial charge >= 0.3 is 6.61 Å². The Morgan fingerprint density at radius 3 is 2.79 bits per heavy atom. The topological polar surface area (TPSA) is 37.4 Å². The number of halogens is 3. The monoisotopic (exact) mass is 353 g/mol. The van der Waals surface area contributed by atoms with E-state index in [1.165, 1.54) is 11.6 Å². The van der Waals surface area contributed by atoms with Crippen molar-refractivity contribution in [1.82, 2.24) is 15.2 Å². The molecule has 1 unspecified atom stereocenters. The fourth-order valence-electron chi connectivity index (χ4n) is 2.92. The molecule has 0 spiro atoms. The van der Waals surface area contributed by atoms with Gasteiger partial charge in [-0.05, 0) is 35.4 Å². The van der Waals surface area contributed by atoms with Gasteiger partial charge in [0.15, 0.2) is 0 Å². The number of hydrogen-bond donors (Lipinski definition) is 1. The molecule has 1 N–H and O–H groups in total. The van der Waals surface area contributed by atoms with Gasteiger partial charge in [-0.25, -0.2) is 0 Å². The zero-order valence-electron chi connectivity index (χ0n) is 13.0. The van der Waals surface area contributed by atoms with Gasteiger partial charge in [-0.1, -0.05) is 17.7 Å². The molecule has 7 heteroatoms. The van der Waals surface area contributed by atoms with Crippen LogP contribution < -0.4 is 10.1 Å². The number of piperazine rings is 1. The number of aromatic nitrogens is 1. The minimum atomic E-state index is -2.88. The van der Waals surface area contributed by atoms with Gasteiger partial charge in [0, 0.05) is 44.6 Å². The molecule has 24 heavy (non-hydrogen) atoms. The quantitative estimate of drug-likeness (QED) is 0.893. The molecule has 0 amide bonds. The Balaban J connectivity index is 1.75. The highest BCUT2D eigenvalue weighted by molar-refractivity contribution is 6.32. The molecule has 2 aromatic rings. The third-order valence-corrected chi connectivity index (χ3v) is 4.34. The van der Waals surface area contributed by atoms with E-state index in [0.29, 0.717) is 6.54 Å². The highest BCUT2D eigenvalue weighted by Crippen LogP contribution is 2.29. The molecule has 1 fully saturated rings. The van der Waals surface area contributed by atoms with Crippen LogP contribution in [0.25, 0.3) is 0 Å². The maximum atomic E-state index is 12.3. The van der Waals surface area contributed by atoms with E-state index in [4.69, 9.17) is 11.6 Å². The predicted molar refractivity (Wildman–Crippen MR) is 88.3 cm³/mol. The summed E-state index contributed by atoms with van der Waals surface area (Å²) < 4.78 is 29.0. The van der Waals surface area contributed by atoms with Gasteiger partial charge in [-0.2, -0.15) is 8.78 Å². The first kappa shape index (κ1) is 17.1. The summed E-state index contributed by atoms with van der Waals surface area (Å²) in [6, 6.07) is 9.21. The molecule has 2 heterocycles. The molecule has 1 aliphatic rings. The zero-order chi connectivity index (χ0) is 16.9. The standard InChI is InChI=1S/C17H18ClF2N3O/c18-14-9-12(1-2-16(14)24-17(19)20)11-23-8-7-22-10-15(23)13-3-5-21-6-4-13/h1-6,9,15,17,22H,7-8,10-11H2. The molecule has 1 atom stereocenters. The van der Waals surface area contributed by atoms with Crippen LogP contribution in [-0.2, 0) is 6.54 Å². The van der Waals surface area contributed by atoms with E-state index in [1.54, 1.807) is 24.5 Å². The van der Waals surface area contributed by atoms with Crippen LogP contribution in [0.15, 0.2) is 42.7 Å². The summed E-state index contributed by atoms with van der Waals surface area (Å²) in [7, 11) is 0. The van der Waals surface area contributed by atoms with Crippen LogP contribution in [-0.4, -0.2) is 36.1 Å². The van der Waals surface area contributed by atoms with Crippen molar-refractivity contribution < 1.29 is 13.5 Å². The Morgan fingerprint density at radius 1 is 1.29 bits per heavy atom. The van der Waals surface area contributed by atoms with Crippen molar-refractivity contribution in [2.24, 2.45) is 0 Å². The number of benzene rings is 1. The van der Waals surface area contributed by atoms with Gasteiger partial charge in [0.25, 0.3) is 0 Å².